The molecule has 1 aromatic carbocycles. The summed E-state index contributed by atoms with van der Waals surface area (Å²) in [7, 11) is 0. The SMILES string of the molecule is CCCC(C)NC(=O)C(C)Nc1ccc(Br)c(Cl)c1Cl. The second-order valence-electron chi connectivity index (χ2n) is 4.79. The second kappa shape index (κ2) is 8.11. The zero-order valence-corrected chi connectivity index (χ0v) is 14.9. The maximum Gasteiger partial charge on any atom is 0.242 e. The van der Waals surface area contributed by atoms with E-state index in [4.69, 9.17) is 23.2 Å². The minimum absolute atomic E-state index is 0.0546. The van der Waals surface area contributed by atoms with Crippen LogP contribution < -0.4 is 10.6 Å². The molecule has 1 rings (SSSR count). The number of benzene rings is 1. The summed E-state index contributed by atoms with van der Waals surface area (Å²) in [5.74, 6) is -0.0546. The molecule has 0 aliphatic carbocycles. The highest BCUT2D eigenvalue weighted by atomic mass is 79.9. The molecule has 2 unspecified atom stereocenters. The van der Waals surface area contributed by atoms with Crippen molar-refractivity contribution in [1.82, 2.24) is 5.32 Å². The molecule has 1 aromatic rings. The van der Waals surface area contributed by atoms with Gasteiger partial charge in [-0.05, 0) is 48.3 Å². The molecule has 0 spiro atoms. The molecule has 0 aliphatic rings. The lowest BCUT2D eigenvalue weighted by Gasteiger charge is -2.20. The number of carbonyl (C=O) groups excluding carboxylic acids is 1. The number of rotatable bonds is 6. The first kappa shape index (κ1) is 17.6. The van der Waals surface area contributed by atoms with Crippen LogP contribution in [0.1, 0.15) is 33.6 Å². The van der Waals surface area contributed by atoms with Gasteiger partial charge in [-0.25, -0.2) is 0 Å². The number of anilines is 1. The maximum absolute atomic E-state index is 12.0. The van der Waals surface area contributed by atoms with Crippen LogP contribution in [-0.4, -0.2) is 18.0 Å². The Bertz CT molecular complexity index is 482. The van der Waals surface area contributed by atoms with E-state index in [0.29, 0.717) is 15.7 Å². The van der Waals surface area contributed by atoms with Crippen LogP contribution in [0.3, 0.4) is 0 Å². The Morgan fingerprint density at radius 1 is 1.30 bits per heavy atom. The fraction of sp³-hybridized carbons (Fsp3) is 0.500. The molecule has 20 heavy (non-hydrogen) atoms. The van der Waals surface area contributed by atoms with Crippen molar-refractivity contribution in [3.63, 3.8) is 0 Å². The van der Waals surface area contributed by atoms with Crippen LogP contribution in [-0.2, 0) is 4.79 Å². The first-order valence-electron chi connectivity index (χ1n) is 6.57. The fourth-order valence-electron chi connectivity index (χ4n) is 1.81. The van der Waals surface area contributed by atoms with Gasteiger partial charge in [0.05, 0.1) is 15.7 Å². The van der Waals surface area contributed by atoms with E-state index in [1.165, 1.54) is 0 Å². The Balaban J connectivity index is 2.69. The van der Waals surface area contributed by atoms with Crippen molar-refractivity contribution in [3.8, 4) is 0 Å². The summed E-state index contributed by atoms with van der Waals surface area (Å²) >= 11 is 15.5. The van der Waals surface area contributed by atoms with Gasteiger partial charge in [-0.3, -0.25) is 4.79 Å². The first-order valence-corrected chi connectivity index (χ1v) is 8.12. The third kappa shape index (κ3) is 4.83. The molecule has 2 atom stereocenters. The van der Waals surface area contributed by atoms with Crippen LogP contribution in [0.5, 0.6) is 0 Å². The topological polar surface area (TPSA) is 41.1 Å². The van der Waals surface area contributed by atoms with Gasteiger partial charge in [0, 0.05) is 10.5 Å². The molecule has 0 aromatic heterocycles. The molecular weight excluding hydrogens is 363 g/mol. The third-order valence-electron chi connectivity index (χ3n) is 2.91. The molecule has 2 N–H and O–H groups in total. The van der Waals surface area contributed by atoms with Crippen molar-refractivity contribution < 1.29 is 4.79 Å². The molecule has 3 nitrogen and oxygen atoms in total. The second-order valence-corrected chi connectivity index (χ2v) is 6.40. The summed E-state index contributed by atoms with van der Waals surface area (Å²) in [4.78, 5) is 12.0. The van der Waals surface area contributed by atoms with E-state index in [1.54, 1.807) is 19.1 Å². The van der Waals surface area contributed by atoms with Gasteiger partial charge >= 0.3 is 0 Å². The molecule has 0 bridgehead atoms. The lowest BCUT2D eigenvalue weighted by molar-refractivity contribution is -0.122. The predicted molar refractivity (Wildman–Crippen MR) is 89.8 cm³/mol. The lowest BCUT2D eigenvalue weighted by atomic mass is 10.2. The van der Waals surface area contributed by atoms with Gasteiger partial charge in [0.1, 0.15) is 6.04 Å². The largest absolute Gasteiger partial charge is 0.373 e. The highest BCUT2D eigenvalue weighted by Gasteiger charge is 2.17. The molecule has 112 valence electrons. The Hall–Kier alpha value is -0.450. The molecule has 0 heterocycles. The predicted octanol–water partition coefficient (Wildman–Crippen LogP) is 4.86. The van der Waals surface area contributed by atoms with Crippen molar-refractivity contribution in [1.29, 1.82) is 0 Å². The highest BCUT2D eigenvalue weighted by Crippen LogP contribution is 2.36. The van der Waals surface area contributed by atoms with E-state index >= 15 is 0 Å². The van der Waals surface area contributed by atoms with Crippen molar-refractivity contribution in [2.75, 3.05) is 5.32 Å². The molecule has 0 saturated heterocycles. The molecule has 0 saturated carbocycles. The van der Waals surface area contributed by atoms with Gasteiger partial charge in [0.25, 0.3) is 0 Å². The zero-order chi connectivity index (χ0) is 15.3. The fourth-order valence-corrected chi connectivity index (χ4v) is 2.64. The summed E-state index contributed by atoms with van der Waals surface area (Å²) in [5.41, 5.74) is 0.644. The summed E-state index contributed by atoms with van der Waals surface area (Å²) < 4.78 is 0.725. The number of hydrogen-bond donors (Lipinski definition) is 2. The minimum Gasteiger partial charge on any atom is -0.373 e. The van der Waals surface area contributed by atoms with Crippen LogP contribution in [0, 0.1) is 0 Å². The summed E-state index contributed by atoms with van der Waals surface area (Å²) in [5, 5.41) is 6.87. The lowest BCUT2D eigenvalue weighted by Crippen LogP contribution is -2.42. The van der Waals surface area contributed by atoms with Gasteiger partial charge in [-0.1, -0.05) is 36.5 Å². The zero-order valence-electron chi connectivity index (χ0n) is 11.8. The molecule has 1 amide bonds. The average Bonchev–Trinajstić information content (AvgIpc) is 2.39. The van der Waals surface area contributed by atoms with E-state index in [2.05, 4.69) is 33.5 Å². The molecule has 0 aliphatic heterocycles. The molecular formula is C14H19BrCl2N2O. The van der Waals surface area contributed by atoms with Crippen molar-refractivity contribution in [2.45, 2.75) is 45.7 Å². The first-order chi connectivity index (χ1) is 9.36. The maximum atomic E-state index is 12.0. The summed E-state index contributed by atoms with van der Waals surface area (Å²) in [6.45, 7) is 5.88. The molecule has 6 heteroatoms. The monoisotopic (exact) mass is 380 g/mol. The van der Waals surface area contributed by atoms with Crippen LogP contribution in [0.25, 0.3) is 0 Å². The van der Waals surface area contributed by atoms with E-state index in [0.717, 1.165) is 17.3 Å². The van der Waals surface area contributed by atoms with Crippen LogP contribution in [0.15, 0.2) is 16.6 Å². The van der Waals surface area contributed by atoms with Crippen molar-refractivity contribution >= 4 is 50.7 Å². The molecule has 0 fully saturated rings. The highest BCUT2D eigenvalue weighted by molar-refractivity contribution is 9.10. The van der Waals surface area contributed by atoms with Gasteiger partial charge in [-0.2, -0.15) is 0 Å². The number of nitrogens with one attached hydrogen (secondary N) is 2. The Kier molecular flexibility index (Phi) is 7.13. The van der Waals surface area contributed by atoms with E-state index in [9.17, 15) is 4.79 Å². The van der Waals surface area contributed by atoms with E-state index < -0.39 is 0 Å². The van der Waals surface area contributed by atoms with E-state index in [-0.39, 0.29) is 18.0 Å². The van der Waals surface area contributed by atoms with Crippen LogP contribution in [0.4, 0.5) is 5.69 Å². The summed E-state index contributed by atoms with van der Waals surface area (Å²) in [6.07, 6.45) is 2.00. The number of hydrogen-bond acceptors (Lipinski definition) is 2. The van der Waals surface area contributed by atoms with E-state index in [1.807, 2.05) is 6.92 Å². The smallest absolute Gasteiger partial charge is 0.242 e. The normalized spacial score (nSPS) is 13.7. The number of amides is 1. The average molecular weight is 382 g/mol. The Labute approximate surface area is 138 Å². The quantitative estimate of drug-likeness (QED) is 0.690. The number of carbonyl (C=O) groups is 1. The van der Waals surface area contributed by atoms with Crippen molar-refractivity contribution in [2.24, 2.45) is 0 Å². The molecule has 0 radical (unpaired) electrons. The van der Waals surface area contributed by atoms with Crippen LogP contribution >= 0.6 is 39.1 Å². The van der Waals surface area contributed by atoms with Gasteiger partial charge in [-0.15, -0.1) is 0 Å². The summed E-state index contributed by atoms with van der Waals surface area (Å²) in [6, 6.07) is 3.36. The van der Waals surface area contributed by atoms with Gasteiger partial charge < -0.3 is 10.6 Å². The van der Waals surface area contributed by atoms with Crippen molar-refractivity contribution in [3.05, 3.63) is 26.7 Å². The Morgan fingerprint density at radius 2 is 1.95 bits per heavy atom. The van der Waals surface area contributed by atoms with Crippen LogP contribution in [0.2, 0.25) is 10.0 Å². The Morgan fingerprint density at radius 3 is 2.55 bits per heavy atom. The standard InChI is InChI=1S/C14H19BrCl2N2O/c1-4-5-8(2)18-14(20)9(3)19-11-7-6-10(15)12(16)13(11)17/h6-9,19H,4-5H2,1-3H3,(H,18,20). The van der Waals surface area contributed by atoms with Gasteiger partial charge in [0.15, 0.2) is 0 Å². The van der Waals surface area contributed by atoms with Gasteiger partial charge in [0.2, 0.25) is 5.91 Å². The number of halogens is 3. The minimum atomic E-state index is -0.385. The third-order valence-corrected chi connectivity index (χ3v) is 4.68.